The fourth-order valence-electron chi connectivity index (χ4n) is 4.28. The number of nitrogens with zero attached hydrogens (tertiary/aromatic N) is 2. The first-order chi connectivity index (χ1) is 14.1. The number of amides is 2. The molecule has 158 valence electrons. The SMILES string of the molecule is O=C(C[C@H]1CC[C@H]2[C@@H](COC[C@@H](O)CN2C(=O)c2ccncc2)O1)NC1CCC1. The third kappa shape index (κ3) is 4.94. The Morgan fingerprint density at radius 1 is 1.17 bits per heavy atom. The number of aromatic nitrogens is 1. The summed E-state index contributed by atoms with van der Waals surface area (Å²) in [6.07, 6.45) is 6.96. The molecule has 8 heteroatoms. The van der Waals surface area contributed by atoms with Crippen molar-refractivity contribution < 1.29 is 24.2 Å². The van der Waals surface area contributed by atoms with Crippen LogP contribution in [0.5, 0.6) is 0 Å². The zero-order valence-corrected chi connectivity index (χ0v) is 16.5. The summed E-state index contributed by atoms with van der Waals surface area (Å²) in [7, 11) is 0. The van der Waals surface area contributed by atoms with E-state index in [9.17, 15) is 14.7 Å². The van der Waals surface area contributed by atoms with Crippen LogP contribution < -0.4 is 5.32 Å². The fourth-order valence-corrected chi connectivity index (χ4v) is 4.28. The van der Waals surface area contributed by atoms with E-state index in [-0.39, 0.29) is 43.2 Å². The number of carbonyl (C=O) groups excluding carboxylic acids is 2. The van der Waals surface area contributed by atoms with Crippen LogP contribution in [0.2, 0.25) is 0 Å². The van der Waals surface area contributed by atoms with Crippen molar-refractivity contribution in [2.45, 2.75) is 68.9 Å². The van der Waals surface area contributed by atoms with Crippen molar-refractivity contribution >= 4 is 11.8 Å². The van der Waals surface area contributed by atoms with E-state index in [4.69, 9.17) is 9.47 Å². The van der Waals surface area contributed by atoms with Crippen LogP contribution in [0.15, 0.2) is 24.5 Å². The van der Waals surface area contributed by atoms with Crippen molar-refractivity contribution in [1.82, 2.24) is 15.2 Å². The normalized spacial score (nSPS) is 30.4. The summed E-state index contributed by atoms with van der Waals surface area (Å²) < 4.78 is 11.8. The lowest BCUT2D eigenvalue weighted by Gasteiger charge is -2.44. The standard InChI is InChI=1S/C21H29N3O5/c25-16-11-24(21(27)14-6-8-22-9-7-14)18-5-4-17(29-19(18)13-28-12-16)10-20(26)23-15-2-1-3-15/h6-9,15-19,25H,1-5,10-13H2,(H,23,26)/t16-,17+,18-,19+/m0/s1. The van der Waals surface area contributed by atoms with E-state index in [0.29, 0.717) is 37.5 Å². The number of fused-ring (bicyclic) bond motifs is 1. The highest BCUT2D eigenvalue weighted by molar-refractivity contribution is 5.94. The van der Waals surface area contributed by atoms with Gasteiger partial charge in [0, 0.05) is 30.5 Å². The highest BCUT2D eigenvalue weighted by Gasteiger charge is 2.40. The van der Waals surface area contributed by atoms with Gasteiger partial charge in [-0.15, -0.1) is 0 Å². The van der Waals surface area contributed by atoms with Gasteiger partial charge in [-0.2, -0.15) is 0 Å². The quantitative estimate of drug-likeness (QED) is 0.774. The Balaban J connectivity index is 1.42. The minimum atomic E-state index is -0.743. The molecule has 1 saturated carbocycles. The smallest absolute Gasteiger partial charge is 0.254 e. The molecule has 2 N–H and O–H groups in total. The van der Waals surface area contributed by atoms with E-state index >= 15 is 0 Å². The zero-order valence-electron chi connectivity index (χ0n) is 16.5. The molecular formula is C21H29N3O5. The summed E-state index contributed by atoms with van der Waals surface area (Å²) in [5, 5.41) is 13.3. The molecule has 0 aromatic carbocycles. The van der Waals surface area contributed by atoms with Gasteiger partial charge in [-0.3, -0.25) is 14.6 Å². The molecule has 0 bridgehead atoms. The predicted molar refractivity (Wildman–Crippen MR) is 104 cm³/mol. The number of rotatable bonds is 4. The first-order valence-electron chi connectivity index (χ1n) is 10.5. The molecule has 3 heterocycles. The number of hydrogen-bond acceptors (Lipinski definition) is 6. The lowest BCUT2D eigenvalue weighted by molar-refractivity contribution is -0.151. The highest BCUT2D eigenvalue weighted by Crippen LogP contribution is 2.29. The number of pyridine rings is 1. The van der Waals surface area contributed by atoms with Crippen molar-refractivity contribution in [2.24, 2.45) is 0 Å². The largest absolute Gasteiger partial charge is 0.389 e. The van der Waals surface area contributed by atoms with Gasteiger partial charge in [0.2, 0.25) is 5.91 Å². The Labute approximate surface area is 170 Å². The Morgan fingerprint density at radius 3 is 2.69 bits per heavy atom. The molecule has 2 amide bonds. The van der Waals surface area contributed by atoms with Crippen molar-refractivity contribution in [3.8, 4) is 0 Å². The molecule has 2 saturated heterocycles. The number of carbonyl (C=O) groups is 2. The van der Waals surface area contributed by atoms with Crippen LogP contribution in [0.25, 0.3) is 0 Å². The van der Waals surface area contributed by atoms with Gasteiger partial charge >= 0.3 is 0 Å². The van der Waals surface area contributed by atoms with Crippen LogP contribution in [0.4, 0.5) is 0 Å². The monoisotopic (exact) mass is 403 g/mol. The van der Waals surface area contributed by atoms with Crippen molar-refractivity contribution in [3.63, 3.8) is 0 Å². The first-order valence-corrected chi connectivity index (χ1v) is 10.5. The van der Waals surface area contributed by atoms with Gasteiger partial charge in [0.15, 0.2) is 0 Å². The van der Waals surface area contributed by atoms with Gasteiger partial charge in [-0.25, -0.2) is 0 Å². The zero-order chi connectivity index (χ0) is 20.2. The van der Waals surface area contributed by atoms with Gasteiger partial charge in [0.1, 0.15) is 6.10 Å². The molecule has 1 aromatic rings. The number of β-amino-alcohol motifs (C(OH)–C–C–N with tert-alkyl or cyclic N) is 1. The summed E-state index contributed by atoms with van der Waals surface area (Å²) >= 11 is 0. The summed E-state index contributed by atoms with van der Waals surface area (Å²) in [6, 6.07) is 3.47. The van der Waals surface area contributed by atoms with Crippen LogP contribution in [0.1, 0.15) is 48.9 Å². The number of hydrogen-bond donors (Lipinski definition) is 2. The van der Waals surface area contributed by atoms with Gasteiger partial charge in [0.25, 0.3) is 5.91 Å². The second-order valence-electron chi connectivity index (χ2n) is 8.23. The third-order valence-electron chi connectivity index (χ3n) is 6.05. The van der Waals surface area contributed by atoms with Crippen molar-refractivity contribution in [3.05, 3.63) is 30.1 Å². The minimum Gasteiger partial charge on any atom is -0.389 e. The molecule has 4 rings (SSSR count). The predicted octanol–water partition coefficient (Wildman–Crippen LogP) is 0.890. The van der Waals surface area contributed by atoms with Gasteiger partial charge in [-0.05, 0) is 44.2 Å². The molecule has 0 spiro atoms. The van der Waals surface area contributed by atoms with Crippen molar-refractivity contribution in [2.75, 3.05) is 19.8 Å². The van der Waals surface area contributed by atoms with Crippen LogP contribution in [-0.2, 0) is 14.3 Å². The van der Waals surface area contributed by atoms with E-state index in [1.54, 1.807) is 29.4 Å². The van der Waals surface area contributed by atoms with Crippen molar-refractivity contribution in [1.29, 1.82) is 0 Å². The Hall–Kier alpha value is -2.03. The number of ether oxygens (including phenoxy) is 2. The second kappa shape index (κ2) is 9.19. The maximum Gasteiger partial charge on any atom is 0.254 e. The first kappa shape index (κ1) is 20.3. The Kier molecular flexibility index (Phi) is 6.42. The molecule has 3 aliphatic rings. The highest BCUT2D eigenvalue weighted by atomic mass is 16.5. The lowest BCUT2D eigenvalue weighted by atomic mass is 9.92. The molecule has 3 fully saturated rings. The van der Waals surface area contributed by atoms with E-state index in [0.717, 1.165) is 12.8 Å². The number of aliphatic hydroxyl groups is 1. The van der Waals surface area contributed by atoms with Gasteiger partial charge in [0.05, 0.1) is 37.9 Å². The molecule has 4 atom stereocenters. The fraction of sp³-hybridized carbons (Fsp3) is 0.667. The van der Waals surface area contributed by atoms with Gasteiger partial charge in [-0.1, -0.05) is 0 Å². The molecule has 8 nitrogen and oxygen atoms in total. The molecule has 29 heavy (non-hydrogen) atoms. The molecule has 0 radical (unpaired) electrons. The topological polar surface area (TPSA) is 101 Å². The second-order valence-corrected chi connectivity index (χ2v) is 8.23. The third-order valence-corrected chi connectivity index (χ3v) is 6.05. The molecule has 1 aliphatic carbocycles. The maximum atomic E-state index is 13.1. The Bertz CT molecular complexity index is 712. The van der Waals surface area contributed by atoms with Crippen LogP contribution in [-0.4, -0.2) is 77.0 Å². The van der Waals surface area contributed by atoms with Crippen LogP contribution >= 0.6 is 0 Å². The molecule has 1 aromatic heterocycles. The molecular weight excluding hydrogens is 374 g/mol. The average Bonchev–Trinajstić information content (AvgIpc) is 2.68. The molecule has 2 aliphatic heterocycles. The van der Waals surface area contributed by atoms with E-state index < -0.39 is 6.10 Å². The number of aliphatic hydroxyl groups excluding tert-OH is 1. The maximum absolute atomic E-state index is 13.1. The lowest BCUT2D eigenvalue weighted by Crippen LogP contribution is -2.57. The van der Waals surface area contributed by atoms with E-state index in [2.05, 4.69) is 10.3 Å². The summed E-state index contributed by atoms with van der Waals surface area (Å²) in [5.41, 5.74) is 0.537. The summed E-state index contributed by atoms with van der Waals surface area (Å²) in [6.45, 7) is 0.640. The summed E-state index contributed by atoms with van der Waals surface area (Å²) in [5.74, 6) is -0.113. The van der Waals surface area contributed by atoms with E-state index in [1.165, 1.54) is 6.42 Å². The summed E-state index contributed by atoms with van der Waals surface area (Å²) in [4.78, 5) is 31.1. The molecule has 0 unspecified atom stereocenters. The Morgan fingerprint density at radius 2 is 1.97 bits per heavy atom. The van der Waals surface area contributed by atoms with Crippen LogP contribution in [0, 0.1) is 0 Å². The minimum absolute atomic E-state index is 0.0325. The van der Waals surface area contributed by atoms with E-state index in [1.807, 2.05) is 0 Å². The average molecular weight is 403 g/mol. The van der Waals surface area contributed by atoms with Gasteiger partial charge < -0.3 is 24.8 Å². The van der Waals surface area contributed by atoms with Crippen LogP contribution in [0.3, 0.4) is 0 Å². The number of nitrogens with one attached hydrogen (secondary N) is 1.